The first-order valence-electron chi connectivity index (χ1n) is 6.07. The van der Waals surface area contributed by atoms with E-state index in [1.165, 1.54) is 24.2 Å². The highest BCUT2D eigenvalue weighted by Gasteiger charge is 2.35. The van der Waals surface area contributed by atoms with Crippen LogP contribution in [0.5, 0.6) is 0 Å². The zero-order valence-corrected chi connectivity index (χ0v) is 11.5. The molecule has 0 bridgehead atoms. The standard InChI is InChI=1S/C13H20N2OS/c1-8-9(14)7-10(17-8)12(16)15-11-5-4-6-13(11,2)3/h7,11H,4-6,14H2,1-3H3,(H,15,16). The van der Waals surface area contributed by atoms with Crippen molar-refractivity contribution in [2.45, 2.75) is 46.1 Å². The fourth-order valence-electron chi connectivity index (χ4n) is 2.43. The molecule has 2 rings (SSSR count). The number of anilines is 1. The third kappa shape index (κ3) is 2.46. The average Bonchev–Trinajstić information content (AvgIpc) is 2.72. The topological polar surface area (TPSA) is 55.1 Å². The summed E-state index contributed by atoms with van der Waals surface area (Å²) in [4.78, 5) is 13.8. The molecule has 0 spiro atoms. The second-order valence-corrected chi connectivity index (χ2v) is 6.79. The first-order chi connectivity index (χ1) is 7.90. The van der Waals surface area contributed by atoms with Crippen LogP contribution in [-0.4, -0.2) is 11.9 Å². The largest absolute Gasteiger partial charge is 0.398 e. The molecule has 4 heteroatoms. The van der Waals surface area contributed by atoms with Crippen molar-refractivity contribution < 1.29 is 4.79 Å². The van der Waals surface area contributed by atoms with Crippen LogP contribution in [0.3, 0.4) is 0 Å². The minimum absolute atomic E-state index is 0.0229. The van der Waals surface area contributed by atoms with E-state index in [0.29, 0.717) is 11.7 Å². The Balaban J connectivity index is 2.07. The SMILES string of the molecule is Cc1sc(C(=O)NC2CCCC2(C)C)cc1N. The summed E-state index contributed by atoms with van der Waals surface area (Å²) in [6, 6.07) is 2.07. The van der Waals surface area contributed by atoms with Gasteiger partial charge in [-0.15, -0.1) is 11.3 Å². The second kappa shape index (κ2) is 4.33. The molecule has 17 heavy (non-hydrogen) atoms. The zero-order valence-electron chi connectivity index (χ0n) is 10.7. The number of hydrogen-bond donors (Lipinski definition) is 2. The molecular weight excluding hydrogens is 232 g/mol. The predicted molar refractivity (Wildman–Crippen MR) is 72.4 cm³/mol. The van der Waals surface area contributed by atoms with Gasteiger partial charge in [-0.25, -0.2) is 0 Å². The molecule has 1 aliphatic carbocycles. The Morgan fingerprint density at radius 1 is 1.59 bits per heavy atom. The van der Waals surface area contributed by atoms with E-state index in [1.54, 1.807) is 6.07 Å². The summed E-state index contributed by atoms with van der Waals surface area (Å²) < 4.78 is 0. The van der Waals surface area contributed by atoms with Crippen LogP contribution in [0.4, 0.5) is 5.69 Å². The number of nitrogen functional groups attached to an aromatic ring is 1. The Morgan fingerprint density at radius 2 is 2.29 bits per heavy atom. The summed E-state index contributed by atoms with van der Waals surface area (Å²) in [7, 11) is 0. The Kier molecular flexibility index (Phi) is 3.17. The molecule has 0 aliphatic heterocycles. The van der Waals surface area contributed by atoms with Crippen molar-refractivity contribution in [3.05, 3.63) is 15.8 Å². The second-order valence-electron chi connectivity index (χ2n) is 5.53. The van der Waals surface area contributed by atoms with Crippen LogP contribution in [0.15, 0.2) is 6.07 Å². The number of rotatable bonds is 2. The smallest absolute Gasteiger partial charge is 0.261 e. The third-order valence-electron chi connectivity index (χ3n) is 3.74. The van der Waals surface area contributed by atoms with Gasteiger partial charge in [0.2, 0.25) is 0 Å². The minimum atomic E-state index is 0.0229. The molecule has 3 N–H and O–H groups in total. The van der Waals surface area contributed by atoms with Crippen LogP contribution in [0.2, 0.25) is 0 Å². The molecule has 0 radical (unpaired) electrons. The van der Waals surface area contributed by atoms with Gasteiger partial charge in [0.1, 0.15) is 0 Å². The molecular formula is C13H20N2OS. The monoisotopic (exact) mass is 252 g/mol. The summed E-state index contributed by atoms with van der Waals surface area (Å²) in [5.74, 6) is 0.0229. The lowest BCUT2D eigenvalue weighted by molar-refractivity contribution is 0.0914. The van der Waals surface area contributed by atoms with Gasteiger partial charge in [-0.05, 0) is 31.2 Å². The predicted octanol–water partition coefficient (Wildman–Crippen LogP) is 2.95. The third-order valence-corrected chi connectivity index (χ3v) is 4.81. The summed E-state index contributed by atoms with van der Waals surface area (Å²) >= 11 is 1.47. The van der Waals surface area contributed by atoms with Crippen LogP contribution in [0, 0.1) is 12.3 Å². The Bertz CT molecular complexity index is 417. The number of hydrogen-bond acceptors (Lipinski definition) is 3. The quantitative estimate of drug-likeness (QED) is 0.850. The fraction of sp³-hybridized carbons (Fsp3) is 0.615. The first-order valence-corrected chi connectivity index (χ1v) is 6.88. The van der Waals surface area contributed by atoms with Gasteiger partial charge in [0.05, 0.1) is 4.88 Å². The minimum Gasteiger partial charge on any atom is -0.398 e. The zero-order chi connectivity index (χ0) is 12.6. The molecule has 1 fully saturated rings. The Morgan fingerprint density at radius 3 is 2.76 bits per heavy atom. The van der Waals surface area contributed by atoms with Gasteiger partial charge in [0.15, 0.2) is 0 Å². The van der Waals surface area contributed by atoms with Gasteiger partial charge in [-0.2, -0.15) is 0 Å². The molecule has 1 unspecified atom stereocenters. The average molecular weight is 252 g/mol. The van der Waals surface area contributed by atoms with Crippen molar-refractivity contribution in [2.24, 2.45) is 5.41 Å². The van der Waals surface area contributed by atoms with Gasteiger partial charge in [-0.1, -0.05) is 20.3 Å². The molecule has 1 saturated carbocycles. The Hall–Kier alpha value is -1.03. The highest BCUT2D eigenvalue weighted by molar-refractivity contribution is 7.14. The lowest BCUT2D eigenvalue weighted by atomic mass is 9.87. The molecule has 1 heterocycles. The molecule has 1 aliphatic rings. The van der Waals surface area contributed by atoms with Crippen molar-refractivity contribution in [1.29, 1.82) is 0 Å². The number of amides is 1. The van der Waals surface area contributed by atoms with Crippen LogP contribution in [-0.2, 0) is 0 Å². The molecule has 0 saturated heterocycles. The van der Waals surface area contributed by atoms with E-state index < -0.39 is 0 Å². The van der Waals surface area contributed by atoms with E-state index in [9.17, 15) is 4.79 Å². The van der Waals surface area contributed by atoms with Crippen molar-refractivity contribution in [1.82, 2.24) is 5.32 Å². The highest BCUT2D eigenvalue weighted by Crippen LogP contribution is 2.37. The maximum Gasteiger partial charge on any atom is 0.261 e. The van der Waals surface area contributed by atoms with E-state index >= 15 is 0 Å². The van der Waals surface area contributed by atoms with E-state index in [4.69, 9.17) is 5.73 Å². The van der Waals surface area contributed by atoms with Gasteiger partial charge in [0, 0.05) is 16.6 Å². The molecule has 1 atom stereocenters. The molecule has 1 aromatic heterocycles. The van der Waals surface area contributed by atoms with E-state index in [1.807, 2.05) is 6.92 Å². The molecule has 3 nitrogen and oxygen atoms in total. The molecule has 94 valence electrons. The van der Waals surface area contributed by atoms with Gasteiger partial charge >= 0.3 is 0 Å². The number of nitrogens with one attached hydrogen (secondary N) is 1. The van der Waals surface area contributed by atoms with E-state index in [-0.39, 0.29) is 11.3 Å². The first kappa shape index (κ1) is 12.4. The normalized spacial score (nSPS) is 22.6. The number of carbonyl (C=O) groups excluding carboxylic acids is 1. The Labute approximate surface area is 106 Å². The van der Waals surface area contributed by atoms with Gasteiger partial charge < -0.3 is 11.1 Å². The van der Waals surface area contributed by atoms with Crippen molar-refractivity contribution in [3.8, 4) is 0 Å². The van der Waals surface area contributed by atoms with Crippen molar-refractivity contribution >= 4 is 22.9 Å². The van der Waals surface area contributed by atoms with Crippen LogP contribution >= 0.6 is 11.3 Å². The summed E-state index contributed by atoms with van der Waals surface area (Å²) in [6.45, 7) is 6.38. The van der Waals surface area contributed by atoms with Crippen molar-refractivity contribution in [3.63, 3.8) is 0 Å². The lowest BCUT2D eigenvalue weighted by Crippen LogP contribution is -2.41. The summed E-state index contributed by atoms with van der Waals surface area (Å²) in [6.07, 6.45) is 3.46. The maximum absolute atomic E-state index is 12.1. The molecule has 0 aromatic carbocycles. The number of aryl methyl sites for hydroxylation is 1. The highest BCUT2D eigenvalue weighted by atomic mass is 32.1. The van der Waals surface area contributed by atoms with Crippen LogP contribution < -0.4 is 11.1 Å². The number of nitrogens with two attached hydrogens (primary N) is 1. The van der Waals surface area contributed by atoms with Gasteiger partial charge in [0.25, 0.3) is 5.91 Å². The summed E-state index contributed by atoms with van der Waals surface area (Å²) in [5, 5.41) is 3.14. The van der Waals surface area contributed by atoms with Crippen LogP contribution in [0.25, 0.3) is 0 Å². The van der Waals surface area contributed by atoms with Crippen LogP contribution in [0.1, 0.15) is 47.7 Å². The lowest BCUT2D eigenvalue weighted by Gasteiger charge is -2.27. The number of carbonyl (C=O) groups is 1. The fourth-order valence-corrected chi connectivity index (χ4v) is 3.28. The molecule has 1 aromatic rings. The van der Waals surface area contributed by atoms with Crippen molar-refractivity contribution in [2.75, 3.05) is 5.73 Å². The maximum atomic E-state index is 12.1. The van der Waals surface area contributed by atoms with E-state index in [2.05, 4.69) is 19.2 Å². The van der Waals surface area contributed by atoms with E-state index in [0.717, 1.165) is 16.2 Å². The number of thiophene rings is 1. The summed E-state index contributed by atoms with van der Waals surface area (Å²) in [5.41, 5.74) is 6.70. The van der Waals surface area contributed by atoms with Gasteiger partial charge in [-0.3, -0.25) is 4.79 Å². The molecule has 1 amide bonds.